The highest BCUT2D eigenvalue weighted by atomic mass is 16.5. The normalized spacial score (nSPS) is 22.5. The number of likely N-dealkylation sites (tertiary alicyclic amines) is 1. The summed E-state index contributed by atoms with van der Waals surface area (Å²) in [4.78, 5) is 14.7. The molecule has 1 aromatic heterocycles. The molecule has 2 atom stereocenters. The largest absolute Gasteiger partial charge is 0.494 e. The van der Waals surface area contributed by atoms with E-state index in [4.69, 9.17) is 4.74 Å². The lowest BCUT2D eigenvalue weighted by Gasteiger charge is -2.33. The Morgan fingerprint density at radius 3 is 3.00 bits per heavy atom. The van der Waals surface area contributed by atoms with Crippen molar-refractivity contribution < 1.29 is 9.53 Å². The van der Waals surface area contributed by atoms with Crippen LogP contribution in [0.1, 0.15) is 31.4 Å². The molecule has 0 bridgehead atoms. The third-order valence-corrected chi connectivity index (χ3v) is 5.96. The lowest BCUT2D eigenvalue weighted by atomic mass is 9.97. The number of carbonyl (C=O) groups excluding carboxylic acids is 1. The van der Waals surface area contributed by atoms with E-state index in [-0.39, 0.29) is 11.9 Å². The van der Waals surface area contributed by atoms with Crippen LogP contribution in [0.4, 0.5) is 0 Å². The molecule has 7 nitrogen and oxygen atoms in total. The number of para-hydroxylation sites is 2. The quantitative estimate of drug-likeness (QED) is 0.747. The van der Waals surface area contributed by atoms with Gasteiger partial charge in [-0.1, -0.05) is 12.1 Å². The minimum absolute atomic E-state index is 0.00453. The lowest BCUT2D eigenvalue weighted by molar-refractivity contribution is -0.123. The van der Waals surface area contributed by atoms with Crippen molar-refractivity contribution in [3.63, 3.8) is 0 Å². The van der Waals surface area contributed by atoms with Crippen molar-refractivity contribution in [3.05, 3.63) is 42.2 Å². The molecule has 0 saturated carbocycles. The van der Waals surface area contributed by atoms with Crippen molar-refractivity contribution in [3.8, 4) is 11.4 Å². The second-order valence-electron chi connectivity index (χ2n) is 8.04. The van der Waals surface area contributed by atoms with Crippen LogP contribution < -0.4 is 15.4 Å². The van der Waals surface area contributed by atoms with Crippen LogP contribution in [0, 0.1) is 5.92 Å². The Labute approximate surface area is 172 Å². The molecule has 4 rings (SSSR count). The van der Waals surface area contributed by atoms with Gasteiger partial charge in [0.25, 0.3) is 0 Å². The summed E-state index contributed by atoms with van der Waals surface area (Å²) in [7, 11) is 1.69. The monoisotopic (exact) mass is 397 g/mol. The van der Waals surface area contributed by atoms with Crippen molar-refractivity contribution >= 4 is 5.91 Å². The van der Waals surface area contributed by atoms with Gasteiger partial charge < -0.3 is 15.4 Å². The molecule has 0 spiro atoms. The van der Waals surface area contributed by atoms with Gasteiger partial charge in [-0.05, 0) is 62.9 Å². The number of hydrogen-bond acceptors (Lipinski definition) is 5. The van der Waals surface area contributed by atoms with Gasteiger partial charge in [0.1, 0.15) is 11.4 Å². The maximum absolute atomic E-state index is 12.3. The van der Waals surface area contributed by atoms with Gasteiger partial charge in [0, 0.05) is 25.8 Å². The SMILES string of the molecule is COc1ccccc1-n1nccc1CN1CCCC(CNC(=O)C2CCCN2)C1. The van der Waals surface area contributed by atoms with E-state index in [0.717, 1.165) is 69.1 Å². The number of ether oxygens (including phenoxy) is 1. The number of nitrogens with one attached hydrogen (secondary N) is 2. The van der Waals surface area contributed by atoms with Gasteiger partial charge >= 0.3 is 0 Å². The number of rotatable bonds is 7. The van der Waals surface area contributed by atoms with E-state index in [0.29, 0.717) is 5.92 Å². The molecule has 1 aromatic carbocycles. The molecule has 2 aromatic rings. The van der Waals surface area contributed by atoms with Crippen molar-refractivity contribution in [2.45, 2.75) is 38.3 Å². The standard InChI is InChI=1S/C22H31N5O2/c1-29-21-9-3-2-8-20(21)27-18(10-12-25-27)16-26-13-5-6-17(15-26)14-24-22(28)19-7-4-11-23-19/h2-3,8-10,12,17,19,23H,4-7,11,13-16H2,1H3,(H,24,28). The number of benzene rings is 1. The van der Waals surface area contributed by atoms with E-state index >= 15 is 0 Å². The van der Waals surface area contributed by atoms with Crippen molar-refractivity contribution in [1.29, 1.82) is 0 Å². The van der Waals surface area contributed by atoms with Crippen LogP contribution in [0.2, 0.25) is 0 Å². The first-order valence-corrected chi connectivity index (χ1v) is 10.6. The van der Waals surface area contributed by atoms with Crippen LogP contribution >= 0.6 is 0 Å². The molecule has 2 aliphatic heterocycles. The van der Waals surface area contributed by atoms with Gasteiger partial charge in [0.05, 0.1) is 18.8 Å². The molecule has 0 radical (unpaired) electrons. The lowest BCUT2D eigenvalue weighted by Crippen LogP contribution is -2.45. The molecule has 2 unspecified atom stereocenters. The number of carbonyl (C=O) groups is 1. The highest BCUT2D eigenvalue weighted by molar-refractivity contribution is 5.81. The maximum Gasteiger partial charge on any atom is 0.237 e. The molecule has 2 saturated heterocycles. The summed E-state index contributed by atoms with van der Waals surface area (Å²) in [5.74, 6) is 1.47. The van der Waals surface area contributed by atoms with Crippen LogP contribution in [0.15, 0.2) is 36.5 Å². The van der Waals surface area contributed by atoms with Crippen LogP contribution in [0.3, 0.4) is 0 Å². The van der Waals surface area contributed by atoms with Crippen molar-refractivity contribution in [2.24, 2.45) is 5.92 Å². The predicted octanol–water partition coefficient (Wildman–Crippen LogP) is 1.96. The molecule has 156 valence electrons. The molecular formula is C22H31N5O2. The molecule has 3 heterocycles. The van der Waals surface area contributed by atoms with Gasteiger partial charge in [0.2, 0.25) is 5.91 Å². The summed E-state index contributed by atoms with van der Waals surface area (Å²) in [6.45, 7) is 4.63. The molecular weight excluding hydrogens is 366 g/mol. The number of aromatic nitrogens is 2. The smallest absolute Gasteiger partial charge is 0.237 e. The van der Waals surface area contributed by atoms with Crippen LogP contribution in [0.5, 0.6) is 5.75 Å². The molecule has 2 N–H and O–H groups in total. The fourth-order valence-corrected chi connectivity index (χ4v) is 4.44. The Balaban J connectivity index is 1.35. The van der Waals surface area contributed by atoms with Crippen molar-refractivity contribution in [1.82, 2.24) is 25.3 Å². The van der Waals surface area contributed by atoms with E-state index in [9.17, 15) is 4.79 Å². The highest BCUT2D eigenvalue weighted by Gasteiger charge is 2.25. The average molecular weight is 398 g/mol. The fourth-order valence-electron chi connectivity index (χ4n) is 4.44. The van der Waals surface area contributed by atoms with Crippen LogP contribution in [-0.4, -0.2) is 59.9 Å². The molecule has 2 aliphatic rings. The minimum Gasteiger partial charge on any atom is -0.494 e. The Kier molecular flexibility index (Phi) is 6.46. The first kappa shape index (κ1) is 19.9. The van der Waals surface area contributed by atoms with E-state index in [1.165, 1.54) is 6.42 Å². The highest BCUT2D eigenvalue weighted by Crippen LogP contribution is 2.24. The zero-order valence-electron chi connectivity index (χ0n) is 17.1. The van der Waals surface area contributed by atoms with E-state index in [2.05, 4.69) is 26.7 Å². The molecule has 7 heteroatoms. The molecule has 29 heavy (non-hydrogen) atoms. The maximum atomic E-state index is 12.3. The zero-order chi connectivity index (χ0) is 20.1. The number of hydrogen-bond donors (Lipinski definition) is 2. The van der Waals surface area contributed by atoms with Gasteiger partial charge in [-0.25, -0.2) is 4.68 Å². The Morgan fingerprint density at radius 2 is 2.17 bits per heavy atom. The topological polar surface area (TPSA) is 71.4 Å². The summed E-state index contributed by atoms with van der Waals surface area (Å²) in [6, 6.07) is 10.0. The van der Waals surface area contributed by atoms with E-state index < -0.39 is 0 Å². The first-order chi connectivity index (χ1) is 14.2. The third-order valence-electron chi connectivity index (χ3n) is 5.96. The molecule has 2 fully saturated rings. The summed E-state index contributed by atoms with van der Waals surface area (Å²) >= 11 is 0. The Morgan fingerprint density at radius 1 is 1.28 bits per heavy atom. The minimum atomic E-state index is 0.00453. The third kappa shape index (κ3) is 4.79. The first-order valence-electron chi connectivity index (χ1n) is 10.6. The summed E-state index contributed by atoms with van der Waals surface area (Å²) in [5, 5.41) is 11.0. The average Bonchev–Trinajstić information content (AvgIpc) is 3.45. The number of piperidine rings is 1. The number of methoxy groups -OCH3 is 1. The van der Waals surface area contributed by atoms with Crippen LogP contribution in [0.25, 0.3) is 5.69 Å². The molecule has 0 aliphatic carbocycles. The second-order valence-corrected chi connectivity index (χ2v) is 8.04. The summed E-state index contributed by atoms with van der Waals surface area (Å²) < 4.78 is 7.48. The Bertz CT molecular complexity index is 815. The molecule has 1 amide bonds. The zero-order valence-corrected chi connectivity index (χ0v) is 17.1. The van der Waals surface area contributed by atoms with Gasteiger partial charge in [-0.3, -0.25) is 9.69 Å². The van der Waals surface area contributed by atoms with Crippen LogP contribution in [-0.2, 0) is 11.3 Å². The van der Waals surface area contributed by atoms with Gasteiger partial charge in [-0.15, -0.1) is 0 Å². The van der Waals surface area contributed by atoms with Gasteiger partial charge in [-0.2, -0.15) is 5.10 Å². The second kappa shape index (κ2) is 9.41. The number of amides is 1. The summed E-state index contributed by atoms with van der Waals surface area (Å²) in [6.07, 6.45) is 6.22. The predicted molar refractivity (Wildman–Crippen MR) is 112 cm³/mol. The van der Waals surface area contributed by atoms with E-state index in [1.807, 2.05) is 35.1 Å². The Hall–Kier alpha value is -2.38. The van der Waals surface area contributed by atoms with E-state index in [1.54, 1.807) is 7.11 Å². The number of nitrogens with zero attached hydrogens (tertiary/aromatic N) is 3. The fraction of sp³-hybridized carbons (Fsp3) is 0.545. The van der Waals surface area contributed by atoms with Crippen molar-refractivity contribution in [2.75, 3.05) is 33.3 Å². The van der Waals surface area contributed by atoms with Gasteiger partial charge in [0.15, 0.2) is 0 Å². The summed E-state index contributed by atoms with van der Waals surface area (Å²) in [5.41, 5.74) is 2.11.